The van der Waals surface area contributed by atoms with Crippen LogP contribution in [0, 0.1) is 0 Å². The van der Waals surface area contributed by atoms with E-state index < -0.39 is 0 Å². The van der Waals surface area contributed by atoms with E-state index in [9.17, 15) is 4.79 Å². The molecule has 0 unspecified atom stereocenters. The molecule has 58 valence electrons. The molecular weight excluding hydrogens is 210 g/mol. The minimum Gasteiger partial charge on any atom is -0.446 e. The molecule has 1 aliphatic heterocycles. The van der Waals surface area contributed by atoms with Gasteiger partial charge in [-0.3, -0.25) is 4.79 Å². The lowest BCUT2D eigenvalue weighted by Gasteiger charge is -2.08. The Labute approximate surface area is 71.9 Å². The van der Waals surface area contributed by atoms with Crippen molar-refractivity contribution in [1.29, 1.82) is 0 Å². The topological polar surface area (TPSA) is 42.2 Å². The van der Waals surface area contributed by atoms with Gasteiger partial charge in [0.25, 0.3) is 0 Å². The van der Waals surface area contributed by atoms with Crippen LogP contribution in [0.5, 0.6) is 0 Å². The van der Waals surface area contributed by atoms with Crippen LogP contribution in [0.25, 0.3) is 0 Å². The molecule has 4 heteroatoms. The lowest BCUT2D eigenvalue weighted by atomic mass is 10.1. The molecular formula is C7H6BrNO2. The van der Waals surface area contributed by atoms with Crippen molar-refractivity contribution in [3.63, 3.8) is 0 Å². The Kier molecular flexibility index (Phi) is 1.58. The van der Waals surface area contributed by atoms with E-state index in [1.54, 1.807) is 0 Å². The van der Waals surface area contributed by atoms with E-state index in [0.29, 0.717) is 17.0 Å². The second-order valence-electron chi connectivity index (χ2n) is 2.43. The number of rotatable bonds is 0. The van der Waals surface area contributed by atoms with Crippen LogP contribution in [0.4, 0.5) is 0 Å². The van der Waals surface area contributed by atoms with Crippen LogP contribution in [0.1, 0.15) is 16.1 Å². The summed E-state index contributed by atoms with van der Waals surface area (Å²) in [6.45, 7) is 1.10. The number of hydrogen-bond donors (Lipinski definition) is 1. The van der Waals surface area contributed by atoms with Gasteiger partial charge < -0.3 is 9.73 Å². The highest BCUT2D eigenvalue weighted by molar-refractivity contribution is 9.10. The van der Waals surface area contributed by atoms with E-state index in [-0.39, 0.29) is 5.78 Å². The zero-order valence-corrected chi connectivity index (χ0v) is 7.27. The average Bonchev–Trinajstić information content (AvgIpc) is 2.31. The normalized spacial score (nSPS) is 16.6. The molecule has 0 aromatic carbocycles. The smallest absolute Gasteiger partial charge is 0.212 e. The third kappa shape index (κ3) is 1.12. The van der Waals surface area contributed by atoms with Gasteiger partial charge in [0.1, 0.15) is 0 Å². The minimum atomic E-state index is 0.0250. The SMILES string of the molecule is O=C1CNCc2cc(Br)oc21. The van der Waals surface area contributed by atoms with Gasteiger partial charge in [0.05, 0.1) is 6.54 Å². The van der Waals surface area contributed by atoms with Gasteiger partial charge in [0.15, 0.2) is 10.4 Å². The Morgan fingerprint density at radius 3 is 3.09 bits per heavy atom. The van der Waals surface area contributed by atoms with Gasteiger partial charge in [-0.1, -0.05) is 0 Å². The summed E-state index contributed by atoms with van der Waals surface area (Å²) in [6.07, 6.45) is 0. The van der Waals surface area contributed by atoms with Gasteiger partial charge in [0, 0.05) is 12.1 Å². The van der Waals surface area contributed by atoms with Crippen LogP contribution in [0.3, 0.4) is 0 Å². The maximum absolute atomic E-state index is 11.1. The van der Waals surface area contributed by atoms with Crippen molar-refractivity contribution >= 4 is 21.7 Å². The first-order valence-electron chi connectivity index (χ1n) is 3.29. The summed E-state index contributed by atoms with van der Waals surface area (Å²) in [4.78, 5) is 11.1. The number of Topliss-reactive ketones (excluding diaryl/α,β-unsaturated/α-hetero) is 1. The van der Waals surface area contributed by atoms with Gasteiger partial charge in [-0.15, -0.1) is 0 Å². The van der Waals surface area contributed by atoms with Crippen LogP contribution in [0.15, 0.2) is 15.2 Å². The molecule has 1 N–H and O–H groups in total. The molecule has 0 bridgehead atoms. The Bertz CT molecular complexity index is 305. The van der Waals surface area contributed by atoms with Crippen LogP contribution in [-0.2, 0) is 6.54 Å². The van der Waals surface area contributed by atoms with Crippen molar-refractivity contribution in [1.82, 2.24) is 5.32 Å². The molecule has 2 rings (SSSR count). The summed E-state index contributed by atoms with van der Waals surface area (Å²) in [5.74, 6) is 0.521. The quantitative estimate of drug-likeness (QED) is 0.711. The van der Waals surface area contributed by atoms with Gasteiger partial charge in [-0.25, -0.2) is 0 Å². The summed E-state index contributed by atoms with van der Waals surface area (Å²) in [5.41, 5.74) is 0.938. The van der Waals surface area contributed by atoms with E-state index in [0.717, 1.165) is 12.1 Å². The number of fused-ring (bicyclic) bond motifs is 1. The van der Waals surface area contributed by atoms with Gasteiger partial charge in [-0.05, 0) is 22.0 Å². The fraction of sp³-hybridized carbons (Fsp3) is 0.286. The molecule has 0 fully saturated rings. The second-order valence-corrected chi connectivity index (χ2v) is 3.21. The summed E-state index contributed by atoms with van der Waals surface area (Å²) in [7, 11) is 0. The molecule has 1 aliphatic rings. The molecule has 0 saturated heterocycles. The largest absolute Gasteiger partial charge is 0.446 e. The predicted molar refractivity (Wildman–Crippen MR) is 42.4 cm³/mol. The van der Waals surface area contributed by atoms with Crippen molar-refractivity contribution in [3.05, 3.63) is 22.1 Å². The molecule has 0 atom stereocenters. The van der Waals surface area contributed by atoms with Crippen LogP contribution < -0.4 is 5.32 Å². The molecule has 0 aliphatic carbocycles. The molecule has 11 heavy (non-hydrogen) atoms. The standard InChI is InChI=1S/C7H6BrNO2/c8-6-1-4-2-9-3-5(10)7(4)11-6/h1,9H,2-3H2. The Morgan fingerprint density at radius 1 is 1.55 bits per heavy atom. The maximum atomic E-state index is 11.1. The number of ketones is 1. The molecule has 1 aromatic rings. The van der Waals surface area contributed by atoms with Gasteiger partial charge in [-0.2, -0.15) is 0 Å². The average molecular weight is 216 g/mol. The van der Waals surface area contributed by atoms with E-state index in [1.807, 2.05) is 6.07 Å². The van der Waals surface area contributed by atoms with E-state index in [4.69, 9.17) is 4.42 Å². The monoisotopic (exact) mass is 215 g/mol. The summed E-state index contributed by atoms with van der Waals surface area (Å²) in [5, 5.41) is 2.97. The minimum absolute atomic E-state index is 0.0250. The molecule has 0 amide bonds. The number of furan rings is 1. The number of carbonyl (C=O) groups excluding carboxylic acids is 1. The van der Waals surface area contributed by atoms with Crippen molar-refractivity contribution in [2.24, 2.45) is 0 Å². The van der Waals surface area contributed by atoms with Crippen molar-refractivity contribution < 1.29 is 9.21 Å². The van der Waals surface area contributed by atoms with Crippen LogP contribution in [-0.4, -0.2) is 12.3 Å². The lowest BCUT2D eigenvalue weighted by Crippen LogP contribution is -2.28. The molecule has 0 radical (unpaired) electrons. The van der Waals surface area contributed by atoms with Gasteiger partial charge >= 0.3 is 0 Å². The molecule has 3 nitrogen and oxygen atoms in total. The highest BCUT2D eigenvalue weighted by Crippen LogP contribution is 2.22. The molecule has 0 spiro atoms. The first-order chi connectivity index (χ1) is 5.27. The first-order valence-corrected chi connectivity index (χ1v) is 4.09. The van der Waals surface area contributed by atoms with Gasteiger partial charge in [0.2, 0.25) is 5.78 Å². The predicted octanol–water partition coefficient (Wildman–Crippen LogP) is 1.33. The summed E-state index contributed by atoms with van der Waals surface area (Å²) >= 11 is 3.17. The van der Waals surface area contributed by atoms with Crippen molar-refractivity contribution in [2.45, 2.75) is 6.54 Å². The summed E-state index contributed by atoms with van der Waals surface area (Å²) in [6, 6.07) is 1.82. The van der Waals surface area contributed by atoms with Crippen molar-refractivity contribution in [3.8, 4) is 0 Å². The van der Waals surface area contributed by atoms with Crippen LogP contribution >= 0.6 is 15.9 Å². The van der Waals surface area contributed by atoms with Crippen molar-refractivity contribution in [2.75, 3.05) is 6.54 Å². The molecule has 1 aromatic heterocycles. The third-order valence-corrected chi connectivity index (χ3v) is 2.02. The highest BCUT2D eigenvalue weighted by Gasteiger charge is 2.20. The number of carbonyl (C=O) groups is 1. The molecule has 0 saturated carbocycles. The molecule has 2 heterocycles. The van der Waals surface area contributed by atoms with E-state index in [1.165, 1.54) is 0 Å². The highest BCUT2D eigenvalue weighted by atomic mass is 79.9. The number of halogens is 1. The fourth-order valence-electron chi connectivity index (χ4n) is 1.15. The third-order valence-electron chi connectivity index (χ3n) is 1.63. The maximum Gasteiger partial charge on any atom is 0.212 e. The van der Waals surface area contributed by atoms with E-state index in [2.05, 4.69) is 21.2 Å². The fourth-order valence-corrected chi connectivity index (χ4v) is 1.59. The van der Waals surface area contributed by atoms with Crippen LogP contribution in [0.2, 0.25) is 0 Å². The second kappa shape index (κ2) is 2.46. The number of hydrogen-bond acceptors (Lipinski definition) is 3. The zero-order valence-electron chi connectivity index (χ0n) is 5.69. The Balaban J connectivity index is 2.52. The summed E-state index contributed by atoms with van der Waals surface area (Å²) < 4.78 is 5.77. The zero-order chi connectivity index (χ0) is 7.84. The first kappa shape index (κ1) is 7.06. The Hall–Kier alpha value is -0.610. The lowest BCUT2D eigenvalue weighted by molar-refractivity contribution is 0.0952. The number of nitrogens with one attached hydrogen (secondary N) is 1. The van der Waals surface area contributed by atoms with E-state index >= 15 is 0 Å². The Morgan fingerprint density at radius 2 is 2.36 bits per heavy atom.